The van der Waals surface area contributed by atoms with Crippen LogP contribution in [0.2, 0.25) is 0 Å². The van der Waals surface area contributed by atoms with Crippen LogP contribution >= 0.6 is 11.3 Å². The lowest BCUT2D eigenvalue weighted by molar-refractivity contribution is 0.285. The van der Waals surface area contributed by atoms with Gasteiger partial charge in [-0.25, -0.2) is 13.1 Å². The maximum Gasteiger partial charge on any atom is 0.241 e. The molecule has 116 valence electrons. The summed E-state index contributed by atoms with van der Waals surface area (Å²) in [5.41, 5.74) is 0. The summed E-state index contributed by atoms with van der Waals surface area (Å²) in [4.78, 5) is 0.922. The summed E-state index contributed by atoms with van der Waals surface area (Å²) in [7, 11) is -3.41. The van der Waals surface area contributed by atoms with Gasteiger partial charge in [0, 0.05) is 16.8 Å². The number of sulfonamides is 1. The zero-order valence-corrected chi connectivity index (χ0v) is 13.9. The van der Waals surface area contributed by atoms with E-state index in [2.05, 4.69) is 18.6 Å². The normalized spacial score (nSPS) is 12.2. The first-order valence-corrected chi connectivity index (χ1v) is 9.50. The average molecular weight is 319 g/mol. The van der Waals surface area contributed by atoms with E-state index in [-0.39, 0.29) is 11.5 Å². The van der Waals surface area contributed by atoms with Gasteiger partial charge in [-0.15, -0.1) is 11.3 Å². The maximum atomic E-state index is 12.0. The SMILES string of the molecule is CC(C)CCCCCCNS(=O)(=O)c1csc(CO)c1. The summed E-state index contributed by atoms with van der Waals surface area (Å²) in [5.74, 6) is 0.743. The highest BCUT2D eigenvalue weighted by molar-refractivity contribution is 7.89. The van der Waals surface area contributed by atoms with Crippen LogP contribution in [-0.2, 0) is 16.6 Å². The fraction of sp³-hybridized carbons (Fsp3) is 0.714. The Hall–Kier alpha value is -0.430. The molecule has 0 aliphatic carbocycles. The minimum atomic E-state index is -3.41. The highest BCUT2D eigenvalue weighted by Gasteiger charge is 2.15. The molecule has 0 amide bonds. The lowest BCUT2D eigenvalue weighted by Crippen LogP contribution is -2.24. The van der Waals surface area contributed by atoms with Crippen LogP contribution in [0.5, 0.6) is 0 Å². The van der Waals surface area contributed by atoms with E-state index in [1.165, 1.54) is 30.2 Å². The van der Waals surface area contributed by atoms with Crippen molar-refractivity contribution in [2.45, 2.75) is 57.5 Å². The number of hydrogen-bond donors (Lipinski definition) is 2. The highest BCUT2D eigenvalue weighted by atomic mass is 32.2. The van der Waals surface area contributed by atoms with Crippen LogP contribution in [0.25, 0.3) is 0 Å². The van der Waals surface area contributed by atoms with E-state index in [1.54, 1.807) is 5.38 Å². The largest absolute Gasteiger partial charge is 0.391 e. The second kappa shape index (κ2) is 8.77. The van der Waals surface area contributed by atoms with Gasteiger partial charge < -0.3 is 5.11 Å². The Balaban J connectivity index is 2.23. The number of nitrogens with one attached hydrogen (secondary N) is 1. The van der Waals surface area contributed by atoms with Crippen LogP contribution in [0, 0.1) is 5.92 Å². The van der Waals surface area contributed by atoms with Gasteiger partial charge in [0.15, 0.2) is 0 Å². The van der Waals surface area contributed by atoms with Crippen molar-refractivity contribution in [1.29, 1.82) is 0 Å². The van der Waals surface area contributed by atoms with E-state index >= 15 is 0 Å². The average Bonchev–Trinajstić information content (AvgIpc) is 2.86. The molecular weight excluding hydrogens is 294 g/mol. The molecule has 20 heavy (non-hydrogen) atoms. The number of unbranched alkanes of at least 4 members (excludes halogenated alkanes) is 3. The minimum Gasteiger partial charge on any atom is -0.391 e. The summed E-state index contributed by atoms with van der Waals surface area (Å²) < 4.78 is 26.5. The number of aliphatic hydroxyl groups is 1. The second-order valence-corrected chi connectivity index (χ2v) is 8.16. The molecule has 0 saturated carbocycles. The molecule has 4 nitrogen and oxygen atoms in total. The Morgan fingerprint density at radius 2 is 1.95 bits per heavy atom. The molecule has 0 aliphatic rings. The number of rotatable bonds is 10. The number of hydrogen-bond acceptors (Lipinski definition) is 4. The molecule has 0 aromatic carbocycles. The molecular formula is C14H25NO3S2. The van der Waals surface area contributed by atoms with Gasteiger partial charge in [-0.1, -0.05) is 39.5 Å². The summed E-state index contributed by atoms with van der Waals surface area (Å²) in [5, 5.41) is 10.5. The van der Waals surface area contributed by atoms with Crippen molar-refractivity contribution in [3.63, 3.8) is 0 Å². The van der Waals surface area contributed by atoms with Gasteiger partial charge in [-0.3, -0.25) is 0 Å². The third kappa shape index (κ3) is 6.35. The number of thiophene rings is 1. The Morgan fingerprint density at radius 3 is 2.55 bits per heavy atom. The van der Waals surface area contributed by atoms with E-state index in [9.17, 15) is 8.42 Å². The van der Waals surface area contributed by atoms with Gasteiger partial charge in [0.05, 0.1) is 11.5 Å². The van der Waals surface area contributed by atoms with E-state index in [1.807, 2.05) is 0 Å². The van der Waals surface area contributed by atoms with Gasteiger partial charge in [-0.2, -0.15) is 0 Å². The van der Waals surface area contributed by atoms with Crippen molar-refractivity contribution in [3.05, 3.63) is 16.3 Å². The first kappa shape index (κ1) is 17.6. The fourth-order valence-electron chi connectivity index (χ4n) is 1.91. The quantitative estimate of drug-likeness (QED) is 0.651. The molecule has 6 heteroatoms. The third-order valence-electron chi connectivity index (χ3n) is 3.10. The molecule has 0 bridgehead atoms. The van der Waals surface area contributed by atoms with E-state index in [0.29, 0.717) is 11.4 Å². The Bertz CT molecular complexity index is 480. The van der Waals surface area contributed by atoms with Gasteiger partial charge in [0.25, 0.3) is 0 Å². The zero-order valence-electron chi connectivity index (χ0n) is 12.3. The van der Waals surface area contributed by atoms with Crippen molar-refractivity contribution in [2.75, 3.05) is 6.54 Å². The van der Waals surface area contributed by atoms with Crippen molar-refractivity contribution in [1.82, 2.24) is 4.72 Å². The topological polar surface area (TPSA) is 66.4 Å². The Kier molecular flexibility index (Phi) is 7.72. The maximum absolute atomic E-state index is 12.0. The van der Waals surface area contributed by atoms with Crippen molar-refractivity contribution in [2.24, 2.45) is 5.92 Å². The Morgan fingerprint density at radius 1 is 1.25 bits per heavy atom. The molecule has 0 aliphatic heterocycles. The summed E-state index contributed by atoms with van der Waals surface area (Å²) in [6.07, 6.45) is 5.54. The van der Waals surface area contributed by atoms with Gasteiger partial charge >= 0.3 is 0 Å². The molecule has 1 heterocycles. The molecule has 1 rings (SSSR count). The lowest BCUT2D eigenvalue weighted by Gasteiger charge is -2.06. The summed E-state index contributed by atoms with van der Waals surface area (Å²) in [6.45, 7) is 4.80. The zero-order chi connectivity index (χ0) is 15.0. The Labute approximate surface area is 126 Å². The predicted molar refractivity (Wildman–Crippen MR) is 83.4 cm³/mol. The summed E-state index contributed by atoms with van der Waals surface area (Å²) in [6, 6.07) is 1.52. The molecule has 0 spiro atoms. The molecule has 0 fully saturated rings. The number of aliphatic hydroxyl groups excluding tert-OH is 1. The third-order valence-corrected chi connectivity index (χ3v) is 5.61. The molecule has 0 radical (unpaired) electrons. The van der Waals surface area contributed by atoms with Gasteiger partial charge in [0.2, 0.25) is 10.0 Å². The van der Waals surface area contributed by atoms with Crippen molar-refractivity contribution < 1.29 is 13.5 Å². The molecule has 0 unspecified atom stereocenters. The van der Waals surface area contributed by atoms with Crippen LogP contribution in [-0.4, -0.2) is 20.1 Å². The van der Waals surface area contributed by atoms with E-state index in [0.717, 1.165) is 25.2 Å². The first-order valence-electron chi connectivity index (χ1n) is 7.13. The molecule has 1 aromatic rings. The molecule has 1 aromatic heterocycles. The van der Waals surface area contributed by atoms with Gasteiger partial charge in [0.1, 0.15) is 0 Å². The molecule has 2 N–H and O–H groups in total. The van der Waals surface area contributed by atoms with Crippen LogP contribution in [0.1, 0.15) is 50.8 Å². The van der Waals surface area contributed by atoms with Gasteiger partial charge in [-0.05, 0) is 18.4 Å². The monoisotopic (exact) mass is 319 g/mol. The van der Waals surface area contributed by atoms with Crippen LogP contribution in [0.15, 0.2) is 16.3 Å². The summed E-state index contributed by atoms with van der Waals surface area (Å²) >= 11 is 1.26. The first-order chi connectivity index (χ1) is 9.45. The fourth-order valence-corrected chi connectivity index (χ4v) is 4.11. The lowest BCUT2D eigenvalue weighted by atomic mass is 10.0. The van der Waals surface area contributed by atoms with E-state index < -0.39 is 10.0 Å². The second-order valence-electron chi connectivity index (χ2n) is 5.40. The molecule has 0 saturated heterocycles. The van der Waals surface area contributed by atoms with Crippen LogP contribution < -0.4 is 4.72 Å². The van der Waals surface area contributed by atoms with Crippen LogP contribution in [0.4, 0.5) is 0 Å². The standard InChI is InChI=1S/C14H25NO3S2/c1-12(2)7-5-3-4-6-8-15-20(17,18)14-9-13(10-16)19-11-14/h9,11-12,15-16H,3-8,10H2,1-2H3. The van der Waals surface area contributed by atoms with Crippen molar-refractivity contribution in [3.8, 4) is 0 Å². The smallest absolute Gasteiger partial charge is 0.241 e. The van der Waals surface area contributed by atoms with Crippen molar-refractivity contribution >= 4 is 21.4 Å². The van der Waals surface area contributed by atoms with Crippen LogP contribution in [0.3, 0.4) is 0 Å². The van der Waals surface area contributed by atoms with E-state index in [4.69, 9.17) is 5.11 Å². The highest BCUT2D eigenvalue weighted by Crippen LogP contribution is 2.19. The predicted octanol–water partition coefficient (Wildman–Crippen LogP) is 3.13. The molecule has 0 atom stereocenters. The minimum absolute atomic E-state index is 0.115.